The fraction of sp³-hybridized carbons (Fsp3) is 0.167. The van der Waals surface area contributed by atoms with Crippen molar-refractivity contribution in [2.75, 3.05) is 7.05 Å². The molecule has 5 nitrogen and oxygen atoms in total. The summed E-state index contributed by atoms with van der Waals surface area (Å²) in [7, 11) is 1.75. The molecule has 0 aliphatic heterocycles. The van der Waals surface area contributed by atoms with E-state index in [2.05, 4.69) is 10.1 Å². The number of carbonyl (C=O) groups excluding carboxylic acids is 1. The van der Waals surface area contributed by atoms with Crippen LogP contribution in [-0.2, 0) is 0 Å². The van der Waals surface area contributed by atoms with E-state index in [-0.39, 0.29) is 11.9 Å². The monoisotopic (exact) mass is 307 g/mol. The molecule has 0 aliphatic rings. The van der Waals surface area contributed by atoms with Crippen LogP contribution in [0.2, 0.25) is 0 Å². The predicted molar refractivity (Wildman–Crippen MR) is 86.7 cm³/mol. The van der Waals surface area contributed by atoms with Crippen LogP contribution in [0.1, 0.15) is 29.0 Å². The van der Waals surface area contributed by atoms with E-state index in [9.17, 15) is 4.79 Å². The lowest BCUT2D eigenvalue weighted by Crippen LogP contribution is -2.30. The van der Waals surface area contributed by atoms with Crippen LogP contribution in [0, 0.1) is 0 Å². The van der Waals surface area contributed by atoms with Gasteiger partial charge in [0.1, 0.15) is 5.56 Å². The van der Waals surface area contributed by atoms with E-state index in [1.165, 1.54) is 6.20 Å². The SMILES string of the molecule is CC(c1ccccn1)N(C)C(=O)c1cnoc1-c1ccccc1. The van der Waals surface area contributed by atoms with Crippen molar-refractivity contribution in [2.24, 2.45) is 0 Å². The third kappa shape index (κ3) is 2.99. The highest BCUT2D eigenvalue weighted by atomic mass is 16.5. The minimum absolute atomic E-state index is 0.150. The normalized spacial score (nSPS) is 11.9. The van der Waals surface area contributed by atoms with Crippen molar-refractivity contribution in [3.8, 4) is 11.3 Å². The number of amides is 1. The number of hydrogen-bond donors (Lipinski definition) is 0. The maximum Gasteiger partial charge on any atom is 0.259 e. The van der Waals surface area contributed by atoms with Gasteiger partial charge in [0, 0.05) is 18.8 Å². The first-order chi connectivity index (χ1) is 11.2. The van der Waals surface area contributed by atoms with Crippen LogP contribution in [0.4, 0.5) is 0 Å². The third-order valence-electron chi connectivity index (χ3n) is 3.85. The Morgan fingerprint density at radius 2 is 1.87 bits per heavy atom. The maximum atomic E-state index is 12.8. The molecule has 1 amide bonds. The molecule has 0 radical (unpaired) electrons. The van der Waals surface area contributed by atoms with Crippen molar-refractivity contribution >= 4 is 5.91 Å². The summed E-state index contributed by atoms with van der Waals surface area (Å²) in [4.78, 5) is 18.8. The predicted octanol–water partition coefficient (Wildman–Crippen LogP) is 3.57. The average molecular weight is 307 g/mol. The van der Waals surface area contributed by atoms with Crippen molar-refractivity contribution < 1.29 is 9.32 Å². The summed E-state index contributed by atoms with van der Waals surface area (Å²) in [6.45, 7) is 1.94. The highest BCUT2D eigenvalue weighted by Gasteiger charge is 2.25. The lowest BCUT2D eigenvalue weighted by atomic mass is 10.1. The van der Waals surface area contributed by atoms with Crippen LogP contribution in [0.25, 0.3) is 11.3 Å². The van der Waals surface area contributed by atoms with E-state index in [1.54, 1.807) is 18.1 Å². The zero-order valence-electron chi connectivity index (χ0n) is 13.0. The largest absolute Gasteiger partial charge is 0.355 e. The minimum atomic E-state index is -0.151. The van der Waals surface area contributed by atoms with Gasteiger partial charge in [-0.1, -0.05) is 41.6 Å². The quantitative estimate of drug-likeness (QED) is 0.739. The Morgan fingerprint density at radius 1 is 1.13 bits per heavy atom. The van der Waals surface area contributed by atoms with Crippen molar-refractivity contribution in [1.29, 1.82) is 0 Å². The standard InChI is InChI=1S/C18H17N3O2/c1-13(16-10-6-7-11-19-16)21(2)18(22)15-12-20-23-17(15)14-8-4-3-5-9-14/h3-13H,1-2H3. The summed E-state index contributed by atoms with van der Waals surface area (Å²) in [6.07, 6.45) is 3.19. The molecular formula is C18H17N3O2. The summed E-state index contributed by atoms with van der Waals surface area (Å²) in [6, 6.07) is 15.0. The number of carbonyl (C=O) groups is 1. The lowest BCUT2D eigenvalue weighted by molar-refractivity contribution is 0.0740. The Bertz CT molecular complexity index is 784. The summed E-state index contributed by atoms with van der Waals surface area (Å²) in [5.74, 6) is 0.332. The molecule has 0 fully saturated rings. The Hall–Kier alpha value is -2.95. The third-order valence-corrected chi connectivity index (χ3v) is 3.85. The molecule has 0 saturated carbocycles. The Morgan fingerprint density at radius 3 is 2.57 bits per heavy atom. The van der Waals surface area contributed by atoms with Gasteiger partial charge in [-0.3, -0.25) is 9.78 Å². The van der Waals surface area contributed by atoms with E-state index in [1.807, 2.05) is 55.5 Å². The highest BCUT2D eigenvalue weighted by Crippen LogP contribution is 2.26. The summed E-state index contributed by atoms with van der Waals surface area (Å²) >= 11 is 0. The van der Waals surface area contributed by atoms with Gasteiger partial charge in [0.05, 0.1) is 17.9 Å². The lowest BCUT2D eigenvalue weighted by Gasteiger charge is -2.24. The number of aromatic nitrogens is 2. The molecule has 0 aliphatic carbocycles. The summed E-state index contributed by atoms with van der Waals surface area (Å²) in [5.41, 5.74) is 2.11. The first-order valence-corrected chi connectivity index (χ1v) is 7.36. The van der Waals surface area contributed by atoms with Crippen molar-refractivity contribution in [2.45, 2.75) is 13.0 Å². The molecule has 0 bridgehead atoms. The van der Waals surface area contributed by atoms with Gasteiger partial charge >= 0.3 is 0 Å². The summed E-state index contributed by atoms with van der Waals surface area (Å²) in [5, 5.41) is 3.80. The molecule has 2 aromatic heterocycles. The molecule has 1 aromatic carbocycles. The molecule has 2 heterocycles. The van der Waals surface area contributed by atoms with Gasteiger partial charge in [-0.2, -0.15) is 0 Å². The molecule has 116 valence electrons. The van der Waals surface area contributed by atoms with Crippen LogP contribution < -0.4 is 0 Å². The average Bonchev–Trinajstić information content (AvgIpc) is 3.11. The first-order valence-electron chi connectivity index (χ1n) is 7.36. The molecule has 1 atom stereocenters. The molecule has 1 unspecified atom stereocenters. The second kappa shape index (κ2) is 6.44. The smallest absolute Gasteiger partial charge is 0.259 e. The molecule has 23 heavy (non-hydrogen) atoms. The maximum absolute atomic E-state index is 12.8. The summed E-state index contributed by atoms with van der Waals surface area (Å²) < 4.78 is 5.29. The van der Waals surface area contributed by atoms with Crippen molar-refractivity contribution in [3.63, 3.8) is 0 Å². The Balaban J connectivity index is 1.88. The fourth-order valence-corrected chi connectivity index (χ4v) is 2.38. The first kappa shape index (κ1) is 15.0. The minimum Gasteiger partial charge on any atom is -0.355 e. The second-order valence-corrected chi connectivity index (χ2v) is 5.28. The van der Waals surface area contributed by atoms with Crippen molar-refractivity contribution in [3.05, 3.63) is 72.2 Å². The highest BCUT2D eigenvalue weighted by molar-refractivity contribution is 5.99. The van der Waals surface area contributed by atoms with E-state index in [0.29, 0.717) is 11.3 Å². The number of nitrogens with zero attached hydrogens (tertiary/aromatic N) is 3. The molecule has 0 saturated heterocycles. The van der Waals surface area contributed by atoms with Gasteiger partial charge in [-0.15, -0.1) is 0 Å². The van der Waals surface area contributed by atoms with Gasteiger partial charge in [-0.05, 0) is 19.1 Å². The second-order valence-electron chi connectivity index (χ2n) is 5.28. The van der Waals surface area contributed by atoms with E-state index in [4.69, 9.17) is 4.52 Å². The molecule has 3 aromatic rings. The molecule has 0 N–H and O–H groups in total. The van der Waals surface area contributed by atoms with Crippen LogP contribution >= 0.6 is 0 Å². The van der Waals surface area contributed by atoms with Gasteiger partial charge in [-0.25, -0.2) is 0 Å². The zero-order chi connectivity index (χ0) is 16.2. The van der Waals surface area contributed by atoms with Gasteiger partial charge in [0.25, 0.3) is 5.91 Å². The number of benzene rings is 1. The zero-order valence-corrected chi connectivity index (χ0v) is 13.0. The van der Waals surface area contributed by atoms with Gasteiger partial charge in [0.2, 0.25) is 0 Å². The van der Waals surface area contributed by atoms with Crippen LogP contribution in [-0.4, -0.2) is 28.0 Å². The van der Waals surface area contributed by atoms with E-state index < -0.39 is 0 Å². The Kier molecular flexibility index (Phi) is 4.19. The van der Waals surface area contributed by atoms with Gasteiger partial charge in [0.15, 0.2) is 5.76 Å². The van der Waals surface area contributed by atoms with Crippen LogP contribution in [0.3, 0.4) is 0 Å². The number of hydrogen-bond acceptors (Lipinski definition) is 4. The van der Waals surface area contributed by atoms with Crippen LogP contribution in [0.5, 0.6) is 0 Å². The fourth-order valence-electron chi connectivity index (χ4n) is 2.38. The molecule has 0 spiro atoms. The van der Waals surface area contributed by atoms with E-state index in [0.717, 1.165) is 11.3 Å². The van der Waals surface area contributed by atoms with Gasteiger partial charge < -0.3 is 9.42 Å². The number of rotatable bonds is 4. The molecule has 3 rings (SSSR count). The topological polar surface area (TPSA) is 59.2 Å². The molecule has 5 heteroatoms. The van der Waals surface area contributed by atoms with Crippen LogP contribution in [0.15, 0.2) is 65.4 Å². The number of pyridine rings is 1. The van der Waals surface area contributed by atoms with Crippen molar-refractivity contribution in [1.82, 2.24) is 15.0 Å². The van der Waals surface area contributed by atoms with E-state index >= 15 is 0 Å². The molecular weight excluding hydrogens is 290 g/mol. The Labute approximate surface area is 134 Å².